The Labute approximate surface area is 142 Å². The van der Waals surface area contributed by atoms with Crippen LogP contribution in [0, 0.1) is 5.92 Å². The van der Waals surface area contributed by atoms with Crippen LogP contribution in [0.3, 0.4) is 0 Å². The van der Waals surface area contributed by atoms with E-state index in [0.29, 0.717) is 0 Å². The standard InChI is InChI=1S/C18H26N4S/c1-3-4-15-20-17(22-9-7-19-8-10-22)16-13-6-5-12(2)11-14(13)23-18(16)21-15/h12,19H,3-11H2,1-2H3. The van der Waals surface area contributed by atoms with Crippen LogP contribution in [-0.4, -0.2) is 36.1 Å². The Morgan fingerprint density at radius 3 is 2.87 bits per heavy atom. The van der Waals surface area contributed by atoms with Crippen molar-refractivity contribution >= 4 is 27.4 Å². The summed E-state index contributed by atoms with van der Waals surface area (Å²) in [7, 11) is 0. The lowest BCUT2D eigenvalue weighted by molar-refractivity contribution is 0.509. The fourth-order valence-electron chi connectivity index (χ4n) is 3.81. The van der Waals surface area contributed by atoms with Crippen molar-refractivity contribution in [1.29, 1.82) is 0 Å². The number of aromatic nitrogens is 2. The molecular formula is C18H26N4S. The van der Waals surface area contributed by atoms with Gasteiger partial charge < -0.3 is 10.2 Å². The summed E-state index contributed by atoms with van der Waals surface area (Å²) in [6, 6.07) is 0. The summed E-state index contributed by atoms with van der Waals surface area (Å²) >= 11 is 1.93. The zero-order valence-corrected chi connectivity index (χ0v) is 15.0. The van der Waals surface area contributed by atoms with Crippen LogP contribution in [-0.2, 0) is 19.3 Å². The van der Waals surface area contributed by atoms with E-state index in [-0.39, 0.29) is 0 Å². The van der Waals surface area contributed by atoms with Crippen molar-refractivity contribution in [2.24, 2.45) is 5.92 Å². The van der Waals surface area contributed by atoms with Gasteiger partial charge in [0.25, 0.3) is 0 Å². The van der Waals surface area contributed by atoms with Gasteiger partial charge in [0.05, 0.1) is 5.39 Å². The number of hydrogen-bond acceptors (Lipinski definition) is 5. The first-order chi connectivity index (χ1) is 11.3. The molecule has 4 rings (SSSR count). The Morgan fingerprint density at radius 2 is 2.09 bits per heavy atom. The lowest BCUT2D eigenvalue weighted by Gasteiger charge is -2.29. The smallest absolute Gasteiger partial charge is 0.141 e. The van der Waals surface area contributed by atoms with Crippen molar-refractivity contribution in [3.8, 4) is 0 Å². The van der Waals surface area contributed by atoms with Gasteiger partial charge in [0.15, 0.2) is 0 Å². The summed E-state index contributed by atoms with van der Waals surface area (Å²) < 4.78 is 0. The van der Waals surface area contributed by atoms with Gasteiger partial charge in [-0.15, -0.1) is 11.3 Å². The minimum atomic E-state index is 0.807. The van der Waals surface area contributed by atoms with E-state index in [1.807, 2.05) is 11.3 Å². The number of hydrogen-bond donors (Lipinski definition) is 1. The molecule has 1 fully saturated rings. The molecule has 0 radical (unpaired) electrons. The Bertz CT molecular complexity index is 703. The van der Waals surface area contributed by atoms with Gasteiger partial charge in [-0.25, -0.2) is 9.97 Å². The van der Waals surface area contributed by atoms with E-state index in [2.05, 4.69) is 24.1 Å². The van der Waals surface area contributed by atoms with Gasteiger partial charge in [-0.05, 0) is 37.2 Å². The van der Waals surface area contributed by atoms with E-state index < -0.39 is 0 Å². The van der Waals surface area contributed by atoms with E-state index in [1.54, 1.807) is 10.4 Å². The number of aryl methyl sites for hydroxylation is 2. The van der Waals surface area contributed by atoms with Crippen LogP contribution in [0.25, 0.3) is 10.2 Å². The van der Waals surface area contributed by atoms with Crippen LogP contribution in [0.4, 0.5) is 5.82 Å². The van der Waals surface area contributed by atoms with Crippen LogP contribution >= 0.6 is 11.3 Å². The second-order valence-electron chi connectivity index (χ2n) is 6.98. The van der Waals surface area contributed by atoms with Gasteiger partial charge in [-0.2, -0.15) is 0 Å². The van der Waals surface area contributed by atoms with Gasteiger partial charge >= 0.3 is 0 Å². The molecule has 1 N–H and O–H groups in total. The number of nitrogens with one attached hydrogen (secondary N) is 1. The predicted octanol–water partition coefficient (Wildman–Crippen LogP) is 3.18. The Balaban J connectivity index is 1.86. The Kier molecular flexibility index (Phi) is 4.24. The number of thiophene rings is 1. The Morgan fingerprint density at radius 1 is 1.26 bits per heavy atom. The molecule has 2 aromatic heterocycles. The highest BCUT2D eigenvalue weighted by molar-refractivity contribution is 7.19. The summed E-state index contributed by atoms with van der Waals surface area (Å²) in [6.07, 6.45) is 5.81. The monoisotopic (exact) mass is 330 g/mol. The molecule has 1 aliphatic carbocycles. The Hall–Kier alpha value is -1.20. The SMILES string of the molecule is CCCc1nc(N2CCNCC2)c2c3c(sc2n1)CC(C)CC3. The fraction of sp³-hybridized carbons (Fsp3) is 0.667. The minimum absolute atomic E-state index is 0.807. The highest BCUT2D eigenvalue weighted by atomic mass is 32.1. The third-order valence-corrected chi connectivity index (χ3v) is 6.22. The average Bonchev–Trinajstić information content (AvgIpc) is 2.92. The van der Waals surface area contributed by atoms with Gasteiger partial charge in [0, 0.05) is 37.5 Å². The van der Waals surface area contributed by atoms with Crippen LogP contribution < -0.4 is 10.2 Å². The fourth-order valence-corrected chi connectivity index (χ4v) is 5.20. The highest BCUT2D eigenvalue weighted by Gasteiger charge is 2.26. The molecule has 124 valence electrons. The summed E-state index contributed by atoms with van der Waals surface area (Å²) in [5.41, 5.74) is 1.56. The largest absolute Gasteiger partial charge is 0.353 e. The molecule has 0 saturated carbocycles. The maximum atomic E-state index is 5.01. The third-order valence-electron chi connectivity index (χ3n) is 5.07. The van der Waals surface area contributed by atoms with E-state index in [9.17, 15) is 0 Å². The summed E-state index contributed by atoms with van der Waals surface area (Å²) in [5.74, 6) is 3.05. The summed E-state index contributed by atoms with van der Waals surface area (Å²) in [4.78, 5) is 15.2. The second-order valence-corrected chi connectivity index (χ2v) is 8.07. The molecule has 3 heterocycles. The highest BCUT2D eigenvalue weighted by Crippen LogP contribution is 2.41. The van der Waals surface area contributed by atoms with Gasteiger partial charge in [-0.1, -0.05) is 13.8 Å². The molecule has 0 amide bonds. The number of rotatable bonds is 3. The quantitative estimate of drug-likeness (QED) is 0.938. The molecule has 1 aliphatic heterocycles. The molecule has 1 unspecified atom stereocenters. The maximum absolute atomic E-state index is 5.01. The van der Waals surface area contributed by atoms with E-state index in [1.165, 1.54) is 35.3 Å². The van der Waals surface area contributed by atoms with Crippen LogP contribution in [0.5, 0.6) is 0 Å². The average molecular weight is 331 g/mol. The number of piperazine rings is 1. The molecule has 4 nitrogen and oxygen atoms in total. The first-order valence-corrected chi connectivity index (χ1v) is 9.84. The van der Waals surface area contributed by atoms with E-state index in [0.717, 1.165) is 50.8 Å². The first kappa shape index (κ1) is 15.3. The zero-order valence-electron chi connectivity index (χ0n) is 14.2. The lowest BCUT2D eigenvalue weighted by atomic mass is 9.89. The van der Waals surface area contributed by atoms with Gasteiger partial charge in [0.2, 0.25) is 0 Å². The molecule has 5 heteroatoms. The molecule has 1 saturated heterocycles. The number of nitrogens with zero attached hydrogens (tertiary/aromatic N) is 3. The van der Waals surface area contributed by atoms with Crippen LogP contribution in [0.2, 0.25) is 0 Å². The molecule has 0 bridgehead atoms. The van der Waals surface area contributed by atoms with Crippen molar-refractivity contribution in [3.63, 3.8) is 0 Å². The van der Waals surface area contributed by atoms with Crippen molar-refractivity contribution < 1.29 is 0 Å². The van der Waals surface area contributed by atoms with Crippen molar-refractivity contribution in [3.05, 3.63) is 16.3 Å². The lowest BCUT2D eigenvalue weighted by Crippen LogP contribution is -2.44. The van der Waals surface area contributed by atoms with Crippen LogP contribution in [0.1, 0.15) is 43.0 Å². The van der Waals surface area contributed by atoms with Gasteiger partial charge in [0.1, 0.15) is 16.5 Å². The van der Waals surface area contributed by atoms with Crippen LogP contribution in [0.15, 0.2) is 0 Å². The third kappa shape index (κ3) is 2.85. The molecule has 0 aromatic carbocycles. The molecule has 23 heavy (non-hydrogen) atoms. The second kappa shape index (κ2) is 6.36. The zero-order chi connectivity index (χ0) is 15.8. The minimum Gasteiger partial charge on any atom is -0.353 e. The van der Waals surface area contributed by atoms with Crippen molar-refractivity contribution in [1.82, 2.24) is 15.3 Å². The molecule has 2 aliphatic rings. The van der Waals surface area contributed by atoms with Crippen molar-refractivity contribution in [2.45, 2.75) is 46.0 Å². The number of anilines is 1. The van der Waals surface area contributed by atoms with Gasteiger partial charge in [-0.3, -0.25) is 0 Å². The molecule has 0 spiro atoms. The van der Waals surface area contributed by atoms with E-state index >= 15 is 0 Å². The molecular weight excluding hydrogens is 304 g/mol. The molecule has 1 atom stereocenters. The van der Waals surface area contributed by atoms with E-state index in [4.69, 9.17) is 9.97 Å². The number of fused-ring (bicyclic) bond motifs is 3. The first-order valence-electron chi connectivity index (χ1n) is 9.03. The maximum Gasteiger partial charge on any atom is 0.141 e. The summed E-state index contributed by atoms with van der Waals surface area (Å²) in [6.45, 7) is 8.80. The normalized spacial score (nSPS) is 21.7. The predicted molar refractivity (Wildman–Crippen MR) is 97.7 cm³/mol. The molecule has 2 aromatic rings. The van der Waals surface area contributed by atoms with Crippen molar-refractivity contribution in [2.75, 3.05) is 31.1 Å². The topological polar surface area (TPSA) is 41.1 Å². The summed E-state index contributed by atoms with van der Waals surface area (Å²) in [5, 5.41) is 4.83.